The lowest BCUT2D eigenvalue weighted by atomic mass is 10.2. The van der Waals surface area contributed by atoms with Crippen molar-refractivity contribution in [2.24, 2.45) is 0 Å². The highest BCUT2D eigenvalue weighted by Crippen LogP contribution is 2.28. The second-order valence-electron chi connectivity index (χ2n) is 5.62. The minimum atomic E-state index is -4.99. The third-order valence-corrected chi connectivity index (χ3v) is 4.53. The number of ether oxygens (including phenoxy) is 1. The Bertz CT molecular complexity index is 1020. The average molecular weight is 422 g/mol. The van der Waals surface area contributed by atoms with Gasteiger partial charge in [-0.3, -0.25) is 14.9 Å². The van der Waals surface area contributed by atoms with Gasteiger partial charge in [0.2, 0.25) is 5.13 Å². The van der Waals surface area contributed by atoms with E-state index in [9.17, 15) is 22.8 Å². The lowest BCUT2D eigenvalue weighted by Crippen LogP contribution is -2.29. The summed E-state index contributed by atoms with van der Waals surface area (Å²) in [6.07, 6.45) is -4.99. The Labute approximate surface area is 166 Å². The smallest absolute Gasteiger partial charge is 0.471 e. The number of hydrogen-bond acceptors (Lipinski definition) is 6. The molecule has 0 aliphatic rings. The number of rotatable bonds is 5. The van der Waals surface area contributed by atoms with Gasteiger partial charge in [-0.2, -0.15) is 13.2 Å². The lowest BCUT2D eigenvalue weighted by Gasteiger charge is -2.08. The highest BCUT2D eigenvalue weighted by atomic mass is 32.1. The molecule has 2 aromatic carbocycles. The molecule has 0 saturated carbocycles. The van der Waals surface area contributed by atoms with E-state index in [1.54, 1.807) is 36.7 Å². The van der Waals surface area contributed by atoms with E-state index in [2.05, 4.69) is 15.5 Å². The third kappa shape index (κ3) is 5.08. The molecule has 3 rings (SSSR count). The Morgan fingerprint density at radius 3 is 2.21 bits per heavy atom. The van der Waals surface area contributed by atoms with Gasteiger partial charge in [0.25, 0.3) is 5.91 Å². The quantitative estimate of drug-likeness (QED) is 0.649. The van der Waals surface area contributed by atoms with Crippen LogP contribution in [0.4, 0.5) is 24.0 Å². The fourth-order valence-corrected chi connectivity index (χ4v) is 2.94. The first-order valence-electron chi connectivity index (χ1n) is 8.04. The van der Waals surface area contributed by atoms with E-state index in [1.807, 2.05) is 0 Å². The van der Waals surface area contributed by atoms with Gasteiger partial charge in [0.15, 0.2) is 0 Å². The van der Waals surface area contributed by atoms with Gasteiger partial charge < -0.3 is 10.1 Å². The molecule has 0 unspecified atom stereocenters. The molecule has 0 aliphatic carbocycles. The van der Waals surface area contributed by atoms with Gasteiger partial charge in [-0.15, -0.1) is 10.2 Å². The Hall–Kier alpha value is -3.47. The number of nitrogens with zero attached hydrogens (tertiary/aromatic N) is 2. The van der Waals surface area contributed by atoms with Crippen LogP contribution in [0.1, 0.15) is 10.4 Å². The largest absolute Gasteiger partial charge is 0.497 e. The molecular weight excluding hydrogens is 409 g/mol. The van der Waals surface area contributed by atoms with E-state index >= 15 is 0 Å². The monoisotopic (exact) mass is 422 g/mol. The van der Waals surface area contributed by atoms with Gasteiger partial charge in [-0.05, 0) is 48.5 Å². The van der Waals surface area contributed by atoms with Crippen molar-refractivity contribution in [1.29, 1.82) is 0 Å². The van der Waals surface area contributed by atoms with Crippen molar-refractivity contribution < 1.29 is 27.5 Å². The number of alkyl halides is 3. The Kier molecular flexibility index (Phi) is 5.78. The van der Waals surface area contributed by atoms with Crippen LogP contribution in [0.25, 0.3) is 10.6 Å². The van der Waals surface area contributed by atoms with Crippen LogP contribution in [0.3, 0.4) is 0 Å². The zero-order valence-corrected chi connectivity index (χ0v) is 15.6. The number of nitrogens with one attached hydrogen (secondary N) is 2. The van der Waals surface area contributed by atoms with Crippen LogP contribution in [0.5, 0.6) is 5.75 Å². The Morgan fingerprint density at radius 1 is 0.966 bits per heavy atom. The van der Waals surface area contributed by atoms with Gasteiger partial charge in [0.05, 0.1) is 7.11 Å². The fourth-order valence-electron chi connectivity index (χ4n) is 2.20. The predicted octanol–water partition coefficient (Wildman–Crippen LogP) is 3.97. The van der Waals surface area contributed by atoms with Crippen LogP contribution in [-0.2, 0) is 4.79 Å². The second-order valence-corrected chi connectivity index (χ2v) is 6.60. The van der Waals surface area contributed by atoms with Crippen molar-refractivity contribution >= 4 is 34.0 Å². The van der Waals surface area contributed by atoms with Crippen molar-refractivity contribution in [3.05, 3.63) is 54.1 Å². The van der Waals surface area contributed by atoms with Crippen LogP contribution in [0, 0.1) is 0 Å². The molecular formula is C18H13F3N4O3S. The molecule has 1 heterocycles. The number of carbonyl (C=O) groups excluding carboxylic acids is 2. The van der Waals surface area contributed by atoms with E-state index < -0.39 is 18.0 Å². The van der Waals surface area contributed by atoms with Crippen molar-refractivity contribution in [3.63, 3.8) is 0 Å². The first kappa shape index (κ1) is 20.3. The number of methoxy groups -OCH3 is 1. The molecule has 3 aromatic rings. The summed E-state index contributed by atoms with van der Waals surface area (Å²) < 4.78 is 41.8. The first-order valence-corrected chi connectivity index (χ1v) is 8.85. The van der Waals surface area contributed by atoms with E-state index in [0.717, 1.165) is 16.9 Å². The van der Waals surface area contributed by atoms with Crippen molar-refractivity contribution in [1.82, 2.24) is 10.2 Å². The summed E-state index contributed by atoms with van der Waals surface area (Å²) in [6, 6.07) is 12.1. The SMILES string of the molecule is COc1ccc(-c2nnc(NC(=O)c3ccc(NC(=O)C(F)(F)F)cc3)s2)cc1. The number of amides is 2. The number of anilines is 2. The molecule has 0 fully saturated rings. The maximum absolute atomic E-state index is 12.3. The third-order valence-electron chi connectivity index (χ3n) is 3.64. The van der Waals surface area contributed by atoms with Crippen LogP contribution < -0.4 is 15.4 Å². The van der Waals surface area contributed by atoms with E-state index in [0.29, 0.717) is 10.8 Å². The minimum absolute atomic E-state index is 0.0819. The van der Waals surface area contributed by atoms with Gasteiger partial charge >= 0.3 is 12.1 Å². The summed E-state index contributed by atoms with van der Waals surface area (Å²) in [4.78, 5) is 23.2. The summed E-state index contributed by atoms with van der Waals surface area (Å²) >= 11 is 1.16. The average Bonchev–Trinajstić information content (AvgIpc) is 3.16. The van der Waals surface area contributed by atoms with Gasteiger partial charge in [-0.25, -0.2) is 0 Å². The molecule has 0 bridgehead atoms. The van der Waals surface area contributed by atoms with E-state index in [1.165, 1.54) is 24.3 Å². The van der Waals surface area contributed by atoms with Crippen LogP contribution in [0.15, 0.2) is 48.5 Å². The summed E-state index contributed by atoms with van der Waals surface area (Å²) in [5, 5.41) is 13.0. The minimum Gasteiger partial charge on any atom is -0.497 e. The normalized spacial score (nSPS) is 11.0. The number of halogens is 3. The lowest BCUT2D eigenvalue weighted by molar-refractivity contribution is -0.167. The molecule has 7 nitrogen and oxygen atoms in total. The number of benzene rings is 2. The second kappa shape index (κ2) is 8.27. The molecule has 0 aliphatic heterocycles. The summed E-state index contributed by atoms with van der Waals surface area (Å²) in [5.41, 5.74) is 0.895. The number of carbonyl (C=O) groups is 2. The summed E-state index contributed by atoms with van der Waals surface area (Å²) in [7, 11) is 1.56. The fraction of sp³-hybridized carbons (Fsp3) is 0.111. The van der Waals surface area contributed by atoms with Crippen molar-refractivity contribution in [3.8, 4) is 16.3 Å². The summed E-state index contributed by atoms with van der Waals surface area (Å²) in [6.45, 7) is 0. The van der Waals surface area contributed by atoms with Crippen LogP contribution in [0.2, 0.25) is 0 Å². The van der Waals surface area contributed by atoms with Crippen LogP contribution in [-0.4, -0.2) is 35.3 Å². The molecule has 150 valence electrons. The topological polar surface area (TPSA) is 93.2 Å². The maximum Gasteiger partial charge on any atom is 0.471 e. The predicted molar refractivity (Wildman–Crippen MR) is 101 cm³/mol. The molecule has 0 radical (unpaired) electrons. The van der Waals surface area contributed by atoms with Gasteiger partial charge in [0, 0.05) is 16.8 Å². The van der Waals surface area contributed by atoms with Crippen molar-refractivity contribution in [2.45, 2.75) is 6.18 Å². The van der Waals surface area contributed by atoms with Crippen LogP contribution >= 0.6 is 11.3 Å². The highest BCUT2D eigenvalue weighted by molar-refractivity contribution is 7.18. The molecule has 1 aromatic heterocycles. The zero-order valence-electron chi connectivity index (χ0n) is 14.8. The summed E-state index contributed by atoms with van der Waals surface area (Å²) in [5.74, 6) is -1.91. The maximum atomic E-state index is 12.3. The highest BCUT2D eigenvalue weighted by Gasteiger charge is 2.38. The molecule has 0 atom stereocenters. The molecule has 2 N–H and O–H groups in total. The first-order chi connectivity index (χ1) is 13.8. The molecule has 11 heteroatoms. The number of aromatic nitrogens is 2. The van der Waals surface area contributed by atoms with Gasteiger partial charge in [-0.1, -0.05) is 11.3 Å². The Balaban J connectivity index is 1.64. The molecule has 2 amide bonds. The number of hydrogen-bond donors (Lipinski definition) is 2. The van der Waals surface area contributed by atoms with Crippen molar-refractivity contribution in [2.75, 3.05) is 17.7 Å². The molecule has 0 saturated heterocycles. The van der Waals surface area contributed by atoms with Gasteiger partial charge in [0.1, 0.15) is 10.8 Å². The molecule has 0 spiro atoms. The Morgan fingerprint density at radius 2 is 1.62 bits per heavy atom. The van der Waals surface area contributed by atoms with E-state index in [-0.39, 0.29) is 16.4 Å². The standard InChI is InChI=1S/C18H13F3N4O3S/c1-28-13-8-4-11(5-9-13)15-24-25-17(29-15)23-14(26)10-2-6-12(7-3-10)22-16(27)18(19,20)21/h2-9H,1H3,(H,22,27)(H,23,25,26). The molecule has 29 heavy (non-hydrogen) atoms. The zero-order chi connectivity index (χ0) is 21.0. The van der Waals surface area contributed by atoms with E-state index in [4.69, 9.17) is 4.74 Å².